The summed E-state index contributed by atoms with van der Waals surface area (Å²) in [6.07, 6.45) is 2.57. The van der Waals surface area contributed by atoms with Gasteiger partial charge in [-0.25, -0.2) is 4.99 Å². The third-order valence-electron chi connectivity index (χ3n) is 5.85. The number of hydrogen-bond donors (Lipinski definition) is 2. The summed E-state index contributed by atoms with van der Waals surface area (Å²) in [5, 5.41) is 6.90. The van der Waals surface area contributed by atoms with Crippen LogP contribution in [0.1, 0.15) is 32.3 Å². The summed E-state index contributed by atoms with van der Waals surface area (Å²) in [4.78, 5) is 9.72. The number of nitrogens with one attached hydrogen (secondary N) is 2. The largest absolute Gasteiger partial charge is 0.492 e. The van der Waals surface area contributed by atoms with Crippen molar-refractivity contribution in [1.29, 1.82) is 0 Å². The molecular formula is C23H40IN5O2. The van der Waals surface area contributed by atoms with Crippen molar-refractivity contribution in [3.05, 3.63) is 29.8 Å². The van der Waals surface area contributed by atoms with Crippen molar-refractivity contribution in [2.24, 2.45) is 4.99 Å². The van der Waals surface area contributed by atoms with Crippen LogP contribution < -0.4 is 15.4 Å². The van der Waals surface area contributed by atoms with E-state index in [1.54, 1.807) is 0 Å². The van der Waals surface area contributed by atoms with E-state index >= 15 is 0 Å². The molecular weight excluding hydrogens is 505 g/mol. The average molecular weight is 546 g/mol. The number of aliphatic imine (C=N–C) groups is 1. The van der Waals surface area contributed by atoms with Gasteiger partial charge in [0.2, 0.25) is 0 Å². The van der Waals surface area contributed by atoms with Crippen LogP contribution in [-0.2, 0) is 11.3 Å². The fourth-order valence-electron chi connectivity index (χ4n) is 4.12. The van der Waals surface area contributed by atoms with Crippen LogP contribution in [0, 0.1) is 0 Å². The van der Waals surface area contributed by atoms with Gasteiger partial charge in [-0.3, -0.25) is 9.80 Å². The molecule has 3 rings (SSSR count). The van der Waals surface area contributed by atoms with Gasteiger partial charge in [0, 0.05) is 38.8 Å². The van der Waals surface area contributed by atoms with Crippen LogP contribution in [0.5, 0.6) is 5.75 Å². The first-order valence-corrected chi connectivity index (χ1v) is 11.6. The Bertz CT molecular complexity index is 655. The second-order valence-corrected chi connectivity index (χ2v) is 7.95. The summed E-state index contributed by atoms with van der Waals surface area (Å²) in [6, 6.07) is 8.89. The van der Waals surface area contributed by atoms with Gasteiger partial charge in [0.1, 0.15) is 12.4 Å². The summed E-state index contributed by atoms with van der Waals surface area (Å²) in [6.45, 7) is 14.4. The molecule has 2 heterocycles. The van der Waals surface area contributed by atoms with E-state index in [4.69, 9.17) is 14.5 Å². The highest BCUT2D eigenvalue weighted by Crippen LogP contribution is 2.16. The van der Waals surface area contributed by atoms with Gasteiger partial charge in [-0.05, 0) is 50.6 Å². The normalized spacial score (nSPS) is 20.3. The van der Waals surface area contributed by atoms with Crippen molar-refractivity contribution in [2.75, 3.05) is 65.6 Å². The Balaban J connectivity index is 0.00000341. The van der Waals surface area contributed by atoms with Crippen molar-refractivity contribution in [1.82, 2.24) is 20.4 Å². The molecule has 0 spiro atoms. The number of ether oxygens (including phenoxy) is 2. The van der Waals surface area contributed by atoms with Gasteiger partial charge >= 0.3 is 0 Å². The zero-order valence-electron chi connectivity index (χ0n) is 19.1. The molecule has 2 fully saturated rings. The SMILES string of the molecule is CCNC(=NCc1cccc(OCCN2CCOCC2)c1)NCC1CCCN1CC.I. The molecule has 31 heavy (non-hydrogen) atoms. The van der Waals surface area contributed by atoms with Gasteiger partial charge < -0.3 is 20.1 Å². The van der Waals surface area contributed by atoms with Crippen LogP contribution in [0.2, 0.25) is 0 Å². The van der Waals surface area contributed by atoms with Crippen LogP contribution >= 0.6 is 24.0 Å². The molecule has 8 heteroatoms. The highest BCUT2D eigenvalue weighted by Gasteiger charge is 2.22. The van der Waals surface area contributed by atoms with Crippen LogP contribution in [0.25, 0.3) is 0 Å². The molecule has 0 aliphatic carbocycles. The van der Waals surface area contributed by atoms with Gasteiger partial charge in [-0.1, -0.05) is 19.1 Å². The predicted molar refractivity (Wildman–Crippen MR) is 138 cm³/mol. The standard InChI is InChI=1S/C23H39N5O2.HI/c1-3-24-23(26-19-21-8-6-10-28(21)4-2)25-18-20-7-5-9-22(17-20)30-16-13-27-11-14-29-15-12-27;/h5,7,9,17,21H,3-4,6,8,10-16,18-19H2,1-2H3,(H2,24,25,26);1H. The number of guanidine groups is 1. The lowest BCUT2D eigenvalue weighted by molar-refractivity contribution is 0.0322. The van der Waals surface area contributed by atoms with E-state index in [2.05, 4.69) is 46.4 Å². The third kappa shape index (κ3) is 9.11. The molecule has 7 nitrogen and oxygen atoms in total. The number of nitrogens with zero attached hydrogens (tertiary/aromatic N) is 3. The second-order valence-electron chi connectivity index (χ2n) is 7.95. The van der Waals surface area contributed by atoms with Crippen LogP contribution in [0.3, 0.4) is 0 Å². The summed E-state index contributed by atoms with van der Waals surface area (Å²) in [5.41, 5.74) is 1.16. The summed E-state index contributed by atoms with van der Waals surface area (Å²) >= 11 is 0. The zero-order valence-corrected chi connectivity index (χ0v) is 21.5. The number of hydrogen-bond acceptors (Lipinski definition) is 5. The first kappa shape index (κ1) is 26.2. The molecule has 1 aromatic rings. The number of morpholine rings is 1. The summed E-state index contributed by atoms with van der Waals surface area (Å²) < 4.78 is 11.4. The number of rotatable bonds is 10. The van der Waals surface area contributed by atoms with Gasteiger partial charge in [0.25, 0.3) is 0 Å². The Morgan fingerprint density at radius 3 is 2.81 bits per heavy atom. The quantitative estimate of drug-likeness (QED) is 0.268. The van der Waals surface area contributed by atoms with Crippen LogP contribution in [-0.4, -0.2) is 87.4 Å². The fraction of sp³-hybridized carbons (Fsp3) is 0.696. The lowest BCUT2D eigenvalue weighted by Crippen LogP contribution is -2.44. The molecule has 1 unspecified atom stereocenters. The lowest BCUT2D eigenvalue weighted by Gasteiger charge is -2.26. The Morgan fingerprint density at radius 2 is 2.03 bits per heavy atom. The fourth-order valence-corrected chi connectivity index (χ4v) is 4.12. The molecule has 1 aromatic carbocycles. The maximum atomic E-state index is 5.98. The number of likely N-dealkylation sites (tertiary alicyclic amines) is 1. The minimum Gasteiger partial charge on any atom is -0.492 e. The maximum Gasteiger partial charge on any atom is 0.191 e. The Kier molecular flexibility index (Phi) is 12.5. The molecule has 176 valence electrons. The average Bonchev–Trinajstić information content (AvgIpc) is 3.24. The summed E-state index contributed by atoms with van der Waals surface area (Å²) in [5.74, 6) is 1.80. The van der Waals surface area contributed by atoms with E-state index in [1.165, 1.54) is 19.4 Å². The molecule has 0 bridgehead atoms. The first-order chi connectivity index (χ1) is 14.8. The van der Waals surface area contributed by atoms with E-state index in [9.17, 15) is 0 Å². The monoisotopic (exact) mass is 545 g/mol. The van der Waals surface area contributed by atoms with Gasteiger partial charge in [-0.2, -0.15) is 0 Å². The molecule has 2 aliphatic heterocycles. The molecule has 2 aliphatic rings. The van der Waals surface area contributed by atoms with E-state index in [-0.39, 0.29) is 24.0 Å². The molecule has 2 saturated heterocycles. The van der Waals surface area contributed by atoms with E-state index in [1.807, 2.05) is 12.1 Å². The molecule has 1 atom stereocenters. The molecule has 2 N–H and O–H groups in total. The smallest absolute Gasteiger partial charge is 0.191 e. The third-order valence-corrected chi connectivity index (χ3v) is 5.85. The minimum atomic E-state index is 0. The lowest BCUT2D eigenvalue weighted by atomic mass is 10.2. The number of likely N-dealkylation sites (N-methyl/N-ethyl adjacent to an activating group) is 1. The van der Waals surface area contributed by atoms with Crippen molar-refractivity contribution < 1.29 is 9.47 Å². The second kappa shape index (κ2) is 14.9. The summed E-state index contributed by atoms with van der Waals surface area (Å²) in [7, 11) is 0. The van der Waals surface area contributed by atoms with Crippen molar-refractivity contribution in [2.45, 2.75) is 39.3 Å². The van der Waals surface area contributed by atoms with Crippen LogP contribution in [0.4, 0.5) is 0 Å². The molecule has 0 saturated carbocycles. The Hall–Kier alpha value is -1.10. The molecule has 0 aromatic heterocycles. The predicted octanol–water partition coefficient (Wildman–Crippen LogP) is 2.56. The number of halogens is 1. The van der Waals surface area contributed by atoms with E-state index in [0.717, 1.165) is 69.8 Å². The minimum absolute atomic E-state index is 0. The Morgan fingerprint density at radius 1 is 1.19 bits per heavy atom. The highest BCUT2D eigenvalue weighted by atomic mass is 127. The number of benzene rings is 1. The van der Waals surface area contributed by atoms with Crippen LogP contribution in [0.15, 0.2) is 29.3 Å². The topological polar surface area (TPSA) is 61.4 Å². The van der Waals surface area contributed by atoms with E-state index < -0.39 is 0 Å². The van der Waals surface area contributed by atoms with Gasteiger partial charge in [0.05, 0.1) is 19.8 Å². The first-order valence-electron chi connectivity index (χ1n) is 11.6. The Labute approximate surface area is 205 Å². The zero-order chi connectivity index (χ0) is 21.0. The highest BCUT2D eigenvalue weighted by molar-refractivity contribution is 14.0. The maximum absolute atomic E-state index is 5.98. The van der Waals surface area contributed by atoms with Crippen molar-refractivity contribution in [3.8, 4) is 5.75 Å². The van der Waals surface area contributed by atoms with Gasteiger partial charge in [-0.15, -0.1) is 24.0 Å². The van der Waals surface area contributed by atoms with E-state index in [0.29, 0.717) is 19.2 Å². The van der Waals surface area contributed by atoms with Gasteiger partial charge in [0.15, 0.2) is 5.96 Å². The molecule has 0 radical (unpaired) electrons. The van der Waals surface area contributed by atoms with Crippen molar-refractivity contribution >= 4 is 29.9 Å². The molecule has 0 amide bonds. The van der Waals surface area contributed by atoms with Crippen molar-refractivity contribution in [3.63, 3.8) is 0 Å².